The molecule has 3 rings (SSSR count). The second kappa shape index (κ2) is 8.17. The number of hydrogen-bond acceptors (Lipinski definition) is 3. The van der Waals surface area contributed by atoms with Gasteiger partial charge in [-0.3, -0.25) is 9.69 Å². The van der Waals surface area contributed by atoms with Crippen molar-refractivity contribution in [1.82, 2.24) is 10.2 Å². The van der Waals surface area contributed by atoms with Crippen molar-refractivity contribution in [3.63, 3.8) is 0 Å². The Morgan fingerprint density at radius 1 is 1.16 bits per heavy atom. The normalized spacial score (nSPS) is 17.4. The summed E-state index contributed by atoms with van der Waals surface area (Å²) in [5, 5.41) is 3.03. The number of nitrogens with zero attached hydrogens (tertiary/aromatic N) is 1. The Morgan fingerprint density at radius 3 is 2.56 bits per heavy atom. The molecule has 1 aliphatic rings. The fourth-order valence-corrected chi connectivity index (χ4v) is 3.37. The highest BCUT2D eigenvalue weighted by Gasteiger charge is 2.27. The van der Waals surface area contributed by atoms with Crippen LogP contribution in [0.2, 0.25) is 0 Å². The summed E-state index contributed by atoms with van der Waals surface area (Å²) < 4.78 is 5.23. The number of ether oxygens (including phenoxy) is 1. The van der Waals surface area contributed by atoms with Gasteiger partial charge in [-0.15, -0.1) is 0 Å². The first-order chi connectivity index (χ1) is 12.2. The highest BCUT2D eigenvalue weighted by atomic mass is 16.5. The molecule has 2 aromatic carbocycles. The maximum atomic E-state index is 12.3. The third kappa shape index (κ3) is 4.60. The smallest absolute Gasteiger partial charge is 0.234 e. The number of carbonyl (C=O) groups excluding carboxylic acids is 1. The van der Waals surface area contributed by atoms with Crippen LogP contribution in [0, 0.1) is 6.92 Å². The van der Waals surface area contributed by atoms with Crippen LogP contribution in [0.4, 0.5) is 0 Å². The van der Waals surface area contributed by atoms with Gasteiger partial charge in [0.15, 0.2) is 0 Å². The molecule has 0 aromatic heterocycles. The molecule has 1 amide bonds. The van der Waals surface area contributed by atoms with E-state index in [0.29, 0.717) is 19.1 Å². The number of nitrogens with one attached hydrogen (secondary N) is 1. The Balaban J connectivity index is 1.55. The van der Waals surface area contributed by atoms with Crippen LogP contribution in [0.1, 0.15) is 35.6 Å². The first-order valence-corrected chi connectivity index (χ1v) is 8.86. The SMILES string of the molecule is COc1ccc([C@@H]2CCCN2CC(=O)NCc2ccc(C)cc2)cc1. The summed E-state index contributed by atoms with van der Waals surface area (Å²) in [5.74, 6) is 0.949. The summed E-state index contributed by atoms with van der Waals surface area (Å²) in [5.41, 5.74) is 3.62. The lowest BCUT2D eigenvalue weighted by atomic mass is 10.0. The molecule has 0 bridgehead atoms. The standard InChI is InChI=1S/C21H26N2O2/c1-16-5-7-17(8-6-16)14-22-21(24)15-23-13-3-4-20(23)18-9-11-19(25-2)12-10-18/h5-12,20H,3-4,13-15H2,1-2H3,(H,22,24)/t20-/m0/s1. The molecule has 4 heteroatoms. The first-order valence-electron chi connectivity index (χ1n) is 8.86. The number of amides is 1. The molecule has 1 heterocycles. The summed E-state index contributed by atoms with van der Waals surface area (Å²) >= 11 is 0. The van der Waals surface area contributed by atoms with E-state index >= 15 is 0 Å². The summed E-state index contributed by atoms with van der Waals surface area (Å²) in [6.45, 7) is 4.06. The van der Waals surface area contributed by atoms with Crippen molar-refractivity contribution in [3.05, 3.63) is 65.2 Å². The van der Waals surface area contributed by atoms with Crippen LogP contribution in [-0.2, 0) is 11.3 Å². The molecule has 1 aliphatic heterocycles. The van der Waals surface area contributed by atoms with Gasteiger partial charge in [-0.25, -0.2) is 0 Å². The molecule has 0 unspecified atom stereocenters. The van der Waals surface area contributed by atoms with Crippen LogP contribution < -0.4 is 10.1 Å². The molecule has 0 radical (unpaired) electrons. The molecule has 0 saturated carbocycles. The third-order valence-corrected chi connectivity index (χ3v) is 4.82. The summed E-state index contributed by atoms with van der Waals surface area (Å²) in [6, 6.07) is 16.8. The minimum atomic E-state index is 0.0842. The monoisotopic (exact) mass is 338 g/mol. The summed E-state index contributed by atoms with van der Waals surface area (Å²) in [4.78, 5) is 14.6. The van der Waals surface area contributed by atoms with E-state index in [0.717, 1.165) is 30.7 Å². The Bertz CT molecular complexity index is 695. The lowest BCUT2D eigenvalue weighted by Crippen LogP contribution is -2.36. The van der Waals surface area contributed by atoms with Crippen LogP contribution >= 0.6 is 0 Å². The Kier molecular flexibility index (Phi) is 5.71. The predicted molar refractivity (Wildman–Crippen MR) is 99.6 cm³/mol. The average Bonchev–Trinajstić information content (AvgIpc) is 3.09. The van der Waals surface area contributed by atoms with Crippen molar-refractivity contribution in [2.75, 3.05) is 20.2 Å². The van der Waals surface area contributed by atoms with Crippen LogP contribution in [0.3, 0.4) is 0 Å². The average molecular weight is 338 g/mol. The maximum absolute atomic E-state index is 12.3. The quantitative estimate of drug-likeness (QED) is 0.877. The Labute approximate surface area is 149 Å². The number of likely N-dealkylation sites (tertiary alicyclic amines) is 1. The first kappa shape index (κ1) is 17.5. The van der Waals surface area contributed by atoms with Gasteiger partial charge in [0.1, 0.15) is 5.75 Å². The topological polar surface area (TPSA) is 41.6 Å². The van der Waals surface area contributed by atoms with Crippen molar-refractivity contribution in [3.8, 4) is 5.75 Å². The molecule has 1 saturated heterocycles. The highest BCUT2D eigenvalue weighted by molar-refractivity contribution is 5.78. The third-order valence-electron chi connectivity index (χ3n) is 4.82. The number of hydrogen-bond donors (Lipinski definition) is 1. The second-order valence-electron chi connectivity index (χ2n) is 6.66. The zero-order valence-electron chi connectivity index (χ0n) is 15.0. The minimum Gasteiger partial charge on any atom is -0.497 e. The zero-order valence-corrected chi connectivity index (χ0v) is 15.0. The Morgan fingerprint density at radius 2 is 1.88 bits per heavy atom. The maximum Gasteiger partial charge on any atom is 0.234 e. The van der Waals surface area contributed by atoms with E-state index < -0.39 is 0 Å². The van der Waals surface area contributed by atoms with Gasteiger partial charge in [0.05, 0.1) is 13.7 Å². The van der Waals surface area contributed by atoms with Crippen LogP contribution in [0.15, 0.2) is 48.5 Å². The summed E-state index contributed by atoms with van der Waals surface area (Å²) in [7, 11) is 1.68. The van der Waals surface area contributed by atoms with E-state index in [1.165, 1.54) is 11.1 Å². The Hall–Kier alpha value is -2.33. The molecule has 1 N–H and O–H groups in total. The second-order valence-corrected chi connectivity index (χ2v) is 6.66. The molecule has 1 fully saturated rings. The van der Waals surface area contributed by atoms with Crippen LogP contribution in [-0.4, -0.2) is 31.0 Å². The molecule has 4 nitrogen and oxygen atoms in total. The molecule has 1 atom stereocenters. The van der Waals surface area contributed by atoms with E-state index in [-0.39, 0.29) is 5.91 Å². The largest absolute Gasteiger partial charge is 0.497 e. The predicted octanol–water partition coefficient (Wildman–Crippen LogP) is 3.46. The van der Waals surface area contributed by atoms with Gasteiger partial charge in [0.25, 0.3) is 0 Å². The number of benzene rings is 2. The van der Waals surface area contributed by atoms with Crippen LogP contribution in [0.5, 0.6) is 5.75 Å². The van der Waals surface area contributed by atoms with E-state index in [2.05, 4.69) is 53.5 Å². The van der Waals surface area contributed by atoms with Crippen LogP contribution in [0.25, 0.3) is 0 Å². The highest BCUT2D eigenvalue weighted by Crippen LogP contribution is 2.32. The van der Waals surface area contributed by atoms with Gasteiger partial charge in [-0.05, 0) is 49.6 Å². The van der Waals surface area contributed by atoms with Crippen molar-refractivity contribution in [1.29, 1.82) is 0 Å². The van der Waals surface area contributed by atoms with Crippen molar-refractivity contribution >= 4 is 5.91 Å². The van der Waals surface area contributed by atoms with E-state index in [4.69, 9.17) is 4.74 Å². The van der Waals surface area contributed by atoms with Crippen molar-refractivity contribution in [2.45, 2.75) is 32.4 Å². The molecule has 25 heavy (non-hydrogen) atoms. The fraction of sp³-hybridized carbons (Fsp3) is 0.381. The summed E-state index contributed by atoms with van der Waals surface area (Å²) in [6.07, 6.45) is 2.22. The molecule has 0 spiro atoms. The molecule has 0 aliphatic carbocycles. The van der Waals surface area contributed by atoms with Crippen molar-refractivity contribution in [2.24, 2.45) is 0 Å². The molecule has 2 aromatic rings. The van der Waals surface area contributed by atoms with Gasteiger partial charge < -0.3 is 10.1 Å². The molecular weight excluding hydrogens is 312 g/mol. The van der Waals surface area contributed by atoms with E-state index in [1.807, 2.05) is 12.1 Å². The number of aryl methyl sites for hydroxylation is 1. The number of carbonyl (C=O) groups is 1. The lowest BCUT2D eigenvalue weighted by Gasteiger charge is -2.24. The number of rotatable bonds is 6. The van der Waals surface area contributed by atoms with Crippen molar-refractivity contribution < 1.29 is 9.53 Å². The lowest BCUT2D eigenvalue weighted by molar-refractivity contribution is -0.122. The zero-order chi connectivity index (χ0) is 17.6. The fourth-order valence-electron chi connectivity index (χ4n) is 3.37. The molecule has 132 valence electrons. The minimum absolute atomic E-state index is 0.0842. The van der Waals surface area contributed by atoms with Gasteiger partial charge in [-0.2, -0.15) is 0 Å². The molecular formula is C21H26N2O2. The van der Waals surface area contributed by atoms with Gasteiger partial charge >= 0.3 is 0 Å². The van der Waals surface area contributed by atoms with Gasteiger partial charge in [0.2, 0.25) is 5.91 Å². The van der Waals surface area contributed by atoms with E-state index in [9.17, 15) is 4.79 Å². The van der Waals surface area contributed by atoms with Gasteiger partial charge in [0, 0.05) is 12.6 Å². The van der Waals surface area contributed by atoms with Gasteiger partial charge in [-0.1, -0.05) is 42.0 Å². The number of methoxy groups -OCH3 is 1. The van der Waals surface area contributed by atoms with E-state index in [1.54, 1.807) is 7.11 Å².